The summed E-state index contributed by atoms with van der Waals surface area (Å²) < 4.78 is 11.1. The van der Waals surface area contributed by atoms with Gasteiger partial charge in [-0.25, -0.2) is 0 Å². The molecule has 4 nitrogen and oxygen atoms in total. The Labute approximate surface area is 134 Å². The van der Waals surface area contributed by atoms with E-state index in [4.69, 9.17) is 9.47 Å². The molecule has 2 bridgehead atoms. The summed E-state index contributed by atoms with van der Waals surface area (Å²) in [5.74, 6) is 2.51. The van der Waals surface area contributed by atoms with Crippen molar-refractivity contribution in [3.63, 3.8) is 0 Å². The number of benzene rings is 1. The van der Waals surface area contributed by atoms with E-state index in [2.05, 4.69) is 29.0 Å². The van der Waals surface area contributed by atoms with Crippen LogP contribution in [-0.2, 0) is 6.54 Å². The molecular weight excluding hydrogens is 276 g/mol. The van der Waals surface area contributed by atoms with Crippen molar-refractivity contribution < 1.29 is 9.47 Å². The summed E-state index contributed by atoms with van der Waals surface area (Å²) in [6.07, 6.45) is 2.72. The molecule has 3 heterocycles. The fraction of sp³-hybridized carbons (Fsp3) is 0.667. The summed E-state index contributed by atoms with van der Waals surface area (Å²) in [4.78, 5) is 5.16. The summed E-state index contributed by atoms with van der Waals surface area (Å²) in [5, 5.41) is 0. The van der Waals surface area contributed by atoms with Crippen LogP contribution in [0.25, 0.3) is 0 Å². The van der Waals surface area contributed by atoms with Crippen molar-refractivity contribution in [2.24, 2.45) is 5.92 Å². The molecule has 2 atom stereocenters. The molecule has 22 heavy (non-hydrogen) atoms. The number of methoxy groups -OCH3 is 1. The molecule has 0 N–H and O–H groups in total. The number of likely N-dealkylation sites (N-methyl/N-ethyl adjacent to an activating group) is 1. The Hall–Kier alpha value is -1.26. The first-order chi connectivity index (χ1) is 10.7. The van der Waals surface area contributed by atoms with Gasteiger partial charge in [0.15, 0.2) is 11.5 Å². The van der Waals surface area contributed by atoms with Crippen LogP contribution in [0.15, 0.2) is 18.2 Å². The van der Waals surface area contributed by atoms with Crippen molar-refractivity contribution in [1.82, 2.24) is 9.80 Å². The minimum absolute atomic E-state index is 0.665. The second-order valence-corrected chi connectivity index (χ2v) is 6.67. The lowest BCUT2D eigenvalue weighted by Crippen LogP contribution is -2.43. The number of nitrogens with zero attached hydrogens (tertiary/aromatic N) is 2. The number of hydrogen-bond acceptors (Lipinski definition) is 4. The van der Waals surface area contributed by atoms with Gasteiger partial charge in [0.05, 0.1) is 13.7 Å². The Balaban J connectivity index is 1.73. The Kier molecular flexibility index (Phi) is 4.89. The molecule has 1 aromatic carbocycles. The Morgan fingerprint density at radius 3 is 2.77 bits per heavy atom. The van der Waals surface area contributed by atoms with Crippen LogP contribution in [0, 0.1) is 5.92 Å². The van der Waals surface area contributed by atoms with Crippen LogP contribution >= 0.6 is 0 Å². The molecule has 0 unspecified atom stereocenters. The number of fused-ring (bicyclic) bond motifs is 4. The maximum absolute atomic E-state index is 5.61. The third-order valence-electron chi connectivity index (χ3n) is 4.92. The molecule has 0 aliphatic carbocycles. The molecule has 3 fully saturated rings. The van der Waals surface area contributed by atoms with Crippen LogP contribution < -0.4 is 9.47 Å². The van der Waals surface area contributed by atoms with Crippen LogP contribution in [0.3, 0.4) is 0 Å². The van der Waals surface area contributed by atoms with Gasteiger partial charge in [-0.1, -0.05) is 6.07 Å². The molecule has 0 spiro atoms. The summed E-state index contributed by atoms with van der Waals surface area (Å²) in [5.41, 5.74) is 1.32. The molecule has 0 aromatic heterocycles. The van der Waals surface area contributed by atoms with Crippen molar-refractivity contribution in [3.05, 3.63) is 23.8 Å². The second-order valence-electron chi connectivity index (χ2n) is 6.67. The van der Waals surface area contributed by atoms with E-state index in [1.54, 1.807) is 7.11 Å². The highest BCUT2D eigenvalue weighted by atomic mass is 16.5. The summed E-state index contributed by atoms with van der Waals surface area (Å²) in [7, 11) is 3.97. The van der Waals surface area contributed by atoms with E-state index in [9.17, 15) is 0 Å². The summed E-state index contributed by atoms with van der Waals surface area (Å²) in [6, 6.07) is 7.05. The Morgan fingerprint density at radius 2 is 2.00 bits per heavy atom. The minimum atomic E-state index is 0.665. The molecule has 4 rings (SSSR count). The highest BCUT2D eigenvalue weighted by Crippen LogP contribution is 2.31. The number of rotatable bonds is 5. The van der Waals surface area contributed by atoms with E-state index in [-0.39, 0.29) is 0 Å². The first kappa shape index (κ1) is 15.6. The van der Waals surface area contributed by atoms with Crippen molar-refractivity contribution in [1.29, 1.82) is 0 Å². The topological polar surface area (TPSA) is 24.9 Å². The zero-order valence-electron chi connectivity index (χ0n) is 14.0. The lowest BCUT2D eigenvalue weighted by atomic mass is 9.94. The van der Waals surface area contributed by atoms with Crippen molar-refractivity contribution in [2.45, 2.75) is 32.4 Å². The van der Waals surface area contributed by atoms with E-state index >= 15 is 0 Å². The molecule has 0 saturated carbocycles. The highest BCUT2D eigenvalue weighted by Gasteiger charge is 2.33. The third-order valence-corrected chi connectivity index (χ3v) is 4.92. The maximum Gasteiger partial charge on any atom is 0.161 e. The smallest absolute Gasteiger partial charge is 0.161 e. The van der Waals surface area contributed by atoms with Crippen molar-refractivity contribution in [2.75, 3.05) is 40.4 Å². The molecule has 0 radical (unpaired) electrons. The molecule has 3 aliphatic heterocycles. The first-order valence-corrected chi connectivity index (χ1v) is 8.42. The fourth-order valence-electron chi connectivity index (χ4n) is 3.93. The van der Waals surface area contributed by atoms with Crippen LogP contribution in [-0.4, -0.2) is 56.2 Å². The average Bonchev–Trinajstić information content (AvgIpc) is 2.78. The zero-order valence-corrected chi connectivity index (χ0v) is 14.0. The van der Waals surface area contributed by atoms with Gasteiger partial charge in [-0.05, 0) is 50.4 Å². The minimum Gasteiger partial charge on any atom is -0.493 e. The number of hydrogen-bond donors (Lipinski definition) is 0. The van der Waals surface area contributed by atoms with Crippen LogP contribution in [0.1, 0.15) is 25.3 Å². The van der Waals surface area contributed by atoms with E-state index < -0.39 is 0 Å². The van der Waals surface area contributed by atoms with E-state index in [1.165, 1.54) is 38.0 Å². The SMILES string of the molecule is CCOc1ccc(CN2C[C@@H]3CC[C@H]2CN(C)C3)cc1OC. The third kappa shape index (κ3) is 3.39. The lowest BCUT2D eigenvalue weighted by molar-refractivity contribution is 0.124. The van der Waals surface area contributed by atoms with Gasteiger partial charge >= 0.3 is 0 Å². The monoisotopic (exact) mass is 304 g/mol. The summed E-state index contributed by atoms with van der Waals surface area (Å²) in [6.45, 7) is 7.35. The summed E-state index contributed by atoms with van der Waals surface area (Å²) >= 11 is 0. The van der Waals surface area contributed by atoms with E-state index in [0.717, 1.165) is 24.0 Å². The average molecular weight is 304 g/mol. The largest absolute Gasteiger partial charge is 0.493 e. The zero-order chi connectivity index (χ0) is 15.5. The van der Waals surface area contributed by atoms with Gasteiger partial charge in [0, 0.05) is 32.2 Å². The van der Waals surface area contributed by atoms with Gasteiger partial charge in [-0.2, -0.15) is 0 Å². The van der Waals surface area contributed by atoms with E-state index in [1.807, 2.05) is 13.0 Å². The number of piperidine rings is 1. The van der Waals surface area contributed by atoms with Gasteiger partial charge in [0.1, 0.15) is 0 Å². The number of ether oxygens (including phenoxy) is 2. The van der Waals surface area contributed by atoms with Crippen LogP contribution in [0.2, 0.25) is 0 Å². The van der Waals surface area contributed by atoms with E-state index in [0.29, 0.717) is 12.6 Å². The van der Waals surface area contributed by atoms with Gasteiger partial charge in [-0.15, -0.1) is 0 Å². The van der Waals surface area contributed by atoms with Gasteiger partial charge in [-0.3, -0.25) is 4.90 Å². The Morgan fingerprint density at radius 1 is 1.14 bits per heavy atom. The van der Waals surface area contributed by atoms with Crippen molar-refractivity contribution >= 4 is 0 Å². The molecule has 4 heteroatoms. The van der Waals surface area contributed by atoms with Gasteiger partial charge in [0.2, 0.25) is 0 Å². The highest BCUT2D eigenvalue weighted by molar-refractivity contribution is 5.43. The molecule has 122 valence electrons. The second kappa shape index (κ2) is 6.88. The predicted molar refractivity (Wildman–Crippen MR) is 88.6 cm³/mol. The molecule has 3 aliphatic rings. The van der Waals surface area contributed by atoms with Crippen LogP contribution in [0.4, 0.5) is 0 Å². The predicted octanol–water partition coefficient (Wildman–Crippen LogP) is 2.62. The van der Waals surface area contributed by atoms with Crippen LogP contribution in [0.5, 0.6) is 11.5 Å². The fourth-order valence-corrected chi connectivity index (χ4v) is 3.93. The molecule has 3 saturated heterocycles. The molecule has 0 amide bonds. The normalized spacial score (nSPS) is 26.0. The lowest BCUT2D eigenvalue weighted by Gasteiger charge is -2.36. The quantitative estimate of drug-likeness (QED) is 0.835. The van der Waals surface area contributed by atoms with Gasteiger partial charge in [0.25, 0.3) is 0 Å². The Bertz CT molecular complexity index is 506. The molecular formula is C18H28N2O2. The first-order valence-electron chi connectivity index (χ1n) is 8.42. The standard InChI is InChI=1S/C18H28N2O2/c1-4-22-17-8-6-14(9-18(17)21-3)11-20-12-15-5-7-16(20)13-19(2)10-15/h6,8-9,15-16H,4-5,7,10-13H2,1-3H3/t15-,16+/m1/s1. The molecule has 1 aromatic rings. The van der Waals surface area contributed by atoms with Gasteiger partial charge < -0.3 is 14.4 Å². The van der Waals surface area contributed by atoms with Crippen molar-refractivity contribution in [3.8, 4) is 11.5 Å². The maximum atomic E-state index is 5.61.